The van der Waals surface area contributed by atoms with Crippen molar-refractivity contribution < 1.29 is 4.79 Å². The van der Waals surface area contributed by atoms with Crippen LogP contribution in [0.2, 0.25) is 0 Å². The van der Waals surface area contributed by atoms with Gasteiger partial charge >= 0.3 is 0 Å². The SMILES string of the molecule is Cc1ccc(/C=C2/CCc3ccccc3C2=O)cc1. The third-order valence-corrected chi connectivity index (χ3v) is 3.64. The second-order valence-electron chi connectivity index (χ2n) is 5.07. The fraction of sp³-hybridized carbons (Fsp3) is 0.167. The highest BCUT2D eigenvalue weighted by Crippen LogP contribution is 2.26. The summed E-state index contributed by atoms with van der Waals surface area (Å²) in [4.78, 5) is 12.4. The topological polar surface area (TPSA) is 17.1 Å². The Bertz CT molecular complexity index is 648. The van der Waals surface area contributed by atoms with Crippen LogP contribution in [-0.4, -0.2) is 5.78 Å². The Balaban J connectivity index is 1.96. The molecule has 0 aliphatic heterocycles. The summed E-state index contributed by atoms with van der Waals surface area (Å²) in [5.41, 5.74) is 5.30. The van der Waals surface area contributed by atoms with Gasteiger partial charge in [-0.25, -0.2) is 0 Å². The summed E-state index contributed by atoms with van der Waals surface area (Å²) in [6, 6.07) is 16.2. The Morgan fingerprint density at radius 1 is 0.947 bits per heavy atom. The summed E-state index contributed by atoms with van der Waals surface area (Å²) in [7, 11) is 0. The van der Waals surface area contributed by atoms with Gasteiger partial charge < -0.3 is 0 Å². The third kappa shape index (κ3) is 2.37. The maximum absolute atomic E-state index is 12.4. The maximum Gasteiger partial charge on any atom is 0.189 e. The van der Waals surface area contributed by atoms with E-state index in [4.69, 9.17) is 0 Å². The van der Waals surface area contributed by atoms with E-state index in [-0.39, 0.29) is 5.78 Å². The van der Waals surface area contributed by atoms with Gasteiger partial charge in [0.05, 0.1) is 0 Å². The fourth-order valence-corrected chi connectivity index (χ4v) is 2.52. The molecule has 19 heavy (non-hydrogen) atoms. The molecule has 1 aliphatic carbocycles. The highest BCUT2D eigenvalue weighted by atomic mass is 16.1. The highest BCUT2D eigenvalue weighted by molar-refractivity contribution is 6.13. The van der Waals surface area contributed by atoms with Gasteiger partial charge in [-0.2, -0.15) is 0 Å². The van der Waals surface area contributed by atoms with E-state index in [0.29, 0.717) is 0 Å². The number of carbonyl (C=O) groups excluding carboxylic acids is 1. The molecular formula is C18H16O. The number of allylic oxidation sites excluding steroid dienone is 1. The van der Waals surface area contributed by atoms with Gasteiger partial charge in [0.15, 0.2) is 5.78 Å². The lowest BCUT2D eigenvalue weighted by Crippen LogP contribution is -2.13. The quantitative estimate of drug-likeness (QED) is 0.691. The Kier molecular flexibility index (Phi) is 3.04. The van der Waals surface area contributed by atoms with E-state index in [2.05, 4.69) is 37.3 Å². The van der Waals surface area contributed by atoms with Gasteiger partial charge in [0.25, 0.3) is 0 Å². The molecule has 0 N–H and O–H groups in total. The number of aryl methyl sites for hydroxylation is 2. The van der Waals surface area contributed by atoms with Crippen LogP contribution >= 0.6 is 0 Å². The van der Waals surface area contributed by atoms with E-state index in [9.17, 15) is 4.79 Å². The number of Topliss-reactive ketones (excluding diaryl/α,β-unsaturated/α-hetero) is 1. The number of hydrogen-bond acceptors (Lipinski definition) is 1. The Morgan fingerprint density at radius 3 is 2.47 bits per heavy atom. The molecule has 1 nitrogen and oxygen atoms in total. The normalized spacial score (nSPS) is 16.5. The predicted octanol–water partition coefficient (Wildman–Crippen LogP) is 4.21. The lowest BCUT2D eigenvalue weighted by atomic mass is 9.86. The standard InChI is InChI=1S/C18H16O/c1-13-6-8-14(9-7-13)12-16-11-10-15-4-2-3-5-17(15)18(16)19/h2-9,12H,10-11H2,1H3/b16-12-. The Hall–Kier alpha value is -2.15. The molecular weight excluding hydrogens is 232 g/mol. The second kappa shape index (κ2) is 4.85. The van der Waals surface area contributed by atoms with Crippen LogP contribution in [0.1, 0.15) is 33.5 Å². The molecule has 0 unspecified atom stereocenters. The molecule has 0 bridgehead atoms. The molecule has 0 fully saturated rings. The van der Waals surface area contributed by atoms with Crippen molar-refractivity contribution in [2.24, 2.45) is 0 Å². The molecule has 2 aromatic carbocycles. The lowest BCUT2D eigenvalue weighted by Gasteiger charge is -2.17. The molecule has 94 valence electrons. The molecule has 0 saturated carbocycles. The minimum Gasteiger partial charge on any atom is -0.289 e. The van der Waals surface area contributed by atoms with Crippen molar-refractivity contribution in [2.75, 3.05) is 0 Å². The van der Waals surface area contributed by atoms with Crippen molar-refractivity contribution in [1.82, 2.24) is 0 Å². The molecule has 0 aromatic heterocycles. The van der Waals surface area contributed by atoms with Crippen molar-refractivity contribution in [3.63, 3.8) is 0 Å². The van der Waals surface area contributed by atoms with E-state index in [1.807, 2.05) is 24.3 Å². The molecule has 1 heteroatoms. The average molecular weight is 248 g/mol. The van der Waals surface area contributed by atoms with Gasteiger partial charge in [0, 0.05) is 11.1 Å². The first-order chi connectivity index (χ1) is 9.24. The van der Waals surface area contributed by atoms with E-state index in [0.717, 1.165) is 29.5 Å². The van der Waals surface area contributed by atoms with Crippen molar-refractivity contribution in [3.05, 3.63) is 76.4 Å². The molecule has 2 aromatic rings. The lowest BCUT2D eigenvalue weighted by molar-refractivity contribution is 0.102. The van der Waals surface area contributed by atoms with Crippen LogP contribution in [0.4, 0.5) is 0 Å². The monoisotopic (exact) mass is 248 g/mol. The first-order valence-corrected chi connectivity index (χ1v) is 6.64. The molecule has 1 aliphatic rings. The average Bonchev–Trinajstić information content (AvgIpc) is 2.45. The molecule has 0 atom stereocenters. The molecule has 0 saturated heterocycles. The highest BCUT2D eigenvalue weighted by Gasteiger charge is 2.20. The van der Waals surface area contributed by atoms with Crippen LogP contribution in [0, 0.1) is 6.92 Å². The molecule has 3 rings (SSSR count). The zero-order chi connectivity index (χ0) is 13.2. The summed E-state index contributed by atoms with van der Waals surface area (Å²) in [5.74, 6) is 0.183. The summed E-state index contributed by atoms with van der Waals surface area (Å²) in [5, 5.41) is 0. The molecule has 0 spiro atoms. The number of fused-ring (bicyclic) bond motifs is 1. The number of hydrogen-bond donors (Lipinski definition) is 0. The van der Waals surface area contributed by atoms with E-state index in [1.54, 1.807) is 0 Å². The number of ketones is 1. The summed E-state index contributed by atoms with van der Waals surface area (Å²) < 4.78 is 0. The van der Waals surface area contributed by atoms with Crippen LogP contribution < -0.4 is 0 Å². The molecule has 0 heterocycles. The zero-order valence-electron chi connectivity index (χ0n) is 11.0. The van der Waals surface area contributed by atoms with Crippen molar-refractivity contribution in [1.29, 1.82) is 0 Å². The van der Waals surface area contributed by atoms with Crippen molar-refractivity contribution in [2.45, 2.75) is 19.8 Å². The van der Waals surface area contributed by atoms with E-state index >= 15 is 0 Å². The number of benzene rings is 2. The predicted molar refractivity (Wildman–Crippen MR) is 78.2 cm³/mol. The molecule has 0 radical (unpaired) electrons. The van der Waals surface area contributed by atoms with Crippen molar-refractivity contribution in [3.8, 4) is 0 Å². The summed E-state index contributed by atoms with van der Waals surface area (Å²) >= 11 is 0. The minimum atomic E-state index is 0.183. The fourth-order valence-electron chi connectivity index (χ4n) is 2.52. The maximum atomic E-state index is 12.4. The van der Waals surface area contributed by atoms with Crippen LogP contribution in [0.25, 0.3) is 6.08 Å². The van der Waals surface area contributed by atoms with Crippen LogP contribution in [-0.2, 0) is 6.42 Å². The first-order valence-electron chi connectivity index (χ1n) is 6.64. The smallest absolute Gasteiger partial charge is 0.189 e. The third-order valence-electron chi connectivity index (χ3n) is 3.64. The van der Waals surface area contributed by atoms with Gasteiger partial charge in [-0.15, -0.1) is 0 Å². The number of rotatable bonds is 1. The van der Waals surface area contributed by atoms with Gasteiger partial charge in [-0.05, 0) is 37.0 Å². The Morgan fingerprint density at radius 2 is 1.68 bits per heavy atom. The van der Waals surface area contributed by atoms with Gasteiger partial charge in [0.2, 0.25) is 0 Å². The first kappa shape index (κ1) is 11.9. The van der Waals surface area contributed by atoms with Crippen LogP contribution in [0.5, 0.6) is 0 Å². The zero-order valence-corrected chi connectivity index (χ0v) is 11.0. The minimum absolute atomic E-state index is 0.183. The van der Waals surface area contributed by atoms with E-state index in [1.165, 1.54) is 11.1 Å². The van der Waals surface area contributed by atoms with Crippen molar-refractivity contribution >= 4 is 11.9 Å². The van der Waals surface area contributed by atoms with Gasteiger partial charge in [-0.3, -0.25) is 4.79 Å². The van der Waals surface area contributed by atoms with Crippen LogP contribution in [0.3, 0.4) is 0 Å². The van der Waals surface area contributed by atoms with Crippen LogP contribution in [0.15, 0.2) is 54.1 Å². The second-order valence-corrected chi connectivity index (χ2v) is 5.07. The van der Waals surface area contributed by atoms with Gasteiger partial charge in [0.1, 0.15) is 0 Å². The molecule has 0 amide bonds. The summed E-state index contributed by atoms with van der Waals surface area (Å²) in [6.07, 6.45) is 3.82. The number of carbonyl (C=O) groups is 1. The summed E-state index contributed by atoms with van der Waals surface area (Å²) in [6.45, 7) is 2.07. The van der Waals surface area contributed by atoms with Gasteiger partial charge in [-0.1, -0.05) is 54.1 Å². The largest absolute Gasteiger partial charge is 0.289 e. The van der Waals surface area contributed by atoms with E-state index < -0.39 is 0 Å². The Labute approximate surface area is 113 Å².